The minimum absolute atomic E-state index is 0.0258. The van der Waals surface area contributed by atoms with Gasteiger partial charge in [0.2, 0.25) is 0 Å². The number of hydrogen-bond donors (Lipinski definition) is 0. The SMILES string of the molecule is C[C@H]1CN(Cc2cc(C(F)(F)F)cc(C(F)(F)F)c2)C(=O)c2c(-c3ccc(F)cc3)c3ccncc3c(=O)n2C1. The first-order valence-electron chi connectivity index (χ1n) is 12.1. The van der Waals surface area contributed by atoms with Crippen LogP contribution in [-0.4, -0.2) is 26.9 Å². The van der Waals surface area contributed by atoms with Gasteiger partial charge in [0.15, 0.2) is 0 Å². The molecule has 5 rings (SSSR count). The smallest absolute Gasteiger partial charge is 0.333 e. The molecule has 0 spiro atoms. The summed E-state index contributed by atoms with van der Waals surface area (Å²) in [5.41, 5.74) is -3.30. The van der Waals surface area contributed by atoms with Crippen molar-refractivity contribution in [1.82, 2.24) is 14.5 Å². The molecular formula is C28H20F7N3O2. The van der Waals surface area contributed by atoms with Gasteiger partial charge >= 0.3 is 12.4 Å². The first-order chi connectivity index (χ1) is 18.7. The van der Waals surface area contributed by atoms with Crippen LogP contribution in [0, 0.1) is 11.7 Å². The number of halogens is 7. The standard InChI is InChI=1S/C28H20F7N3O2/c1-15-12-37(14-16-8-18(27(30,31)32)10-19(9-16)28(33,34)35)26(40)24-23(17-2-4-20(29)5-3-17)21-6-7-36-11-22(21)25(39)38(24)13-15/h2-11,15H,12-14H2,1H3/t15-/m0/s1. The molecule has 208 valence electrons. The van der Waals surface area contributed by atoms with Gasteiger partial charge in [-0.15, -0.1) is 0 Å². The number of fused-ring (bicyclic) bond motifs is 2. The molecule has 2 aromatic heterocycles. The Morgan fingerprint density at radius 3 is 2.10 bits per heavy atom. The lowest BCUT2D eigenvalue weighted by atomic mass is 9.97. The second-order valence-electron chi connectivity index (χ2n) is 9.77. The summed E-state index contributed by atoms with van der Waals surface area (Å²) < 4.78 is 95.8. The maximum Gasteiger partial charge on any atom is 0.416 e. The summed E-state index contributed by atoms with van der Waals surface area (Å²) in [6, 6.07) is 7.90. The monoisotopic (exact) mass is 563 g/mol. The van der Waals surface area contributed by atoms with Crippen molar-refractivity contribution in [3.05, 3.63) is 99.5 Å². The Balaban J connectivity index is 1.70. The van der Waals surface area contributed by atoms with Gasteiger partial charge in [0, 0.05) is 43.0 Å². The van der Waals surface area contributed by atoms with Crippen LogP contribution in [-0.2, 0) is 25.4 Å². The molecule has 1 atom stereocenters. The predicted molar refractivity (Wildman–Crippen MR) is 132 cm³/mol. The van der Waals surface area contributed by atoms with Crippen LogP contribution in [0.2, 0.25) is 0 Å². The third kappa shape index (κ3) is 5.05. The van der Waals surface area contributed by atoms with Crippen molar-refractivity contribution in [2.45, 2.75) is 32.4 Å². The summed E-state index contributed by atoms with van der Waals surface area (Å²) >= 11 is 0. The fourth-order valence-electron chi connectivity index (χ4n) is 5.04. The molecule has 1 aliphatic rings. The zero-order chi connectivity index (χ0) is 29.0. The van der Waals surface area contributed by atoms with Crippen LogP contribution in [0.25, 0.3) is 21.9 Å². The average molecular weight is 563 g/mol. The van der Waals surface area contributed by atoms with Gasteiger partial charge in [-0.2, -0.15) is 26.3 Å². The van der Waals surface area contributed by atoms with E-state index in [0.29, 0.717) is 23.1 Å². The highest BCUT2D eigenvalue weighted by molar-refractivity contribution is 6.08. The third-order valence-electron chi connectivity index (χ3n) is 6.74. The number of benzene rings is 2. The van der Waals surface area contributed by atoms with E-state index in [1.165, 1.54) is 47.3 Å². The van der Waals surface area contributed by atoms with Crippen molar-refractivity contribution in [3.8, 4) is 11.1 Å². The molecular weight excluding hydrogens is 543 g/mol. The Kier molecular flexibility index (Phi) is 6.67. The lowest BCUT2D eigenvalue weighted by Gasteiger charge is -2.25. The fraction of sp³-hybridized carbons (Fsp3) is 0.250. The molecule has 2 aromatic carbocycles. The van der Waals surface area contributed by atoms with Gasteiger partial charge < -0.3 is 9.47 Å². The van der Waals surface area contributed by atoms with E-state index in [-0.39, 0.29) is 41.4 Å². The maximum atomic E-state index is 14.0. The summed E-state index contributed by atoms with van der Waals surface area (Å²) in [6.45, 7) is 1.14. The van der Waals surface area contributed by atoms with E-state index in [1.807, 2.05) is 0 Å². The van der Waals surface area contributed by atoms with Crippen LogP contribution < -0.4 is 5.56 Å². The summed E-state index contributed by atoms with van der Waals surface area (Å²) in [5.74, 6) is -1.70. The average Bonchev–Trinajstić information content (AvgIpc) is 3.00. The summed E-state index contributed by atoms with van der Waals surface area (Å²) in [6.07, 6.45) is -7.34. The lowest BCUT2D eigenvalue weighted by Crippen LogP contribution is -2.34. The highest BCUT2D eigenvalue weighted by Gasteiger charge is 2.38. The van der Waals surface area contributed by atoms with Crippen molar-refractivity contribution in [2.24, 2.45) is 5.92 Å². The van der Waals surface area contributed by atoms with E-state index in [0.717, 1.165) is 4.90 Å². The van der Waals surface area contributed by atoms with E-state index in [9.17, 15) is 40.3 Å². The fourth-order valence-corrected chi connectivity index (χ4v) is 5.04. The number of aromatic nitrogens is 2. The molecule has 0 radical (unpaired) electrons. The summed E-state index contributed by atoms with van der Waals surface area (Å²) in [5, 5.41) is 0.547. The van der Waals surface area contributed by atoms with Crippen molar-refractivity contribution >= 4 is 16.7 Å². The Morgan fingerprint density at radius 2 is 1.50 bits per heavy atom. The topological polar surface area (TPSA) is 55.2 Å². The highest BCUT2D eigenvalue weighted by Crippen LogP contribution is 2.38. The number of alkyl halides is 6. The van der Waals surface area contributed by atoms with Gasteiger partial charge in [0.25, 0.3) is 11.5 Å². The van der Waals surface area contributed by atoms with Crippen LogP contribution in [0.15, 0.2) is 65.7 Å². The minimum Gasteiger partial charge on any atom is -0.333 e. The molecule has 0 N–H and O–H groups in total. The van der Waals surface area contributed by atoms with Crippen molar-refractivity contribution in [1.29, 1.82) is 0 Å². The number of hydrogen-bond acceptors (Lipinski definition) is 3. The molecule has 5 nitrogen and oxygen atoms in total. The van der Waals surface area contributed by atoms with Crippen LogP contribution in [0.4, 0.5) is 30.7 Å². The number of carbonyl (C=O) groups is 1. The van der Waals surface area contributed by atoms with Crippen molar-refractivity contribution < 1.29 is 35.5 Å². The Hall–Kier alpha value is -4.22. The van der Waals surface area contributed by atoms with Gasteiger partial charge in [0.1, 0.15) is 11.5 Å². The van der Waals surface area contributed by atoms with Gasteiger partial charge in [-0.1, -0.05) is 19.1 Å². The highest BCUT2D eigenvalue weighted by atomic mass is 19.4. The normalized spacial score (nSPS) is 16.2. The van der Waals surface area contributed by atoms with E-state index < -0.39 is 53.2 Å². The second-order valence-corrected chi connectivity index (χ2v) is 9.77. The Bertz CT molecular complexity index is 1640. The minimum atomic E-state index is -5.05. The largest absolute Gasteiger partial charge is 0.416 e. The molecule has 0 saturated heterocycles. The van der Waals surface area contributed by atoms with Crippen LogP contribution in [0.5, 0.6) is 0 Å². The molecule has 4 aromatic rings. The van der Waals surface area contributed by atoms with Gasteiger partial charge in [-0.05, 0) is 53.4 Å². The molecule has 1 aliphatic heterocycles. The number of pyridine rings is 2. The number of amides is 1. The summed E-state index contributed by atoms with van der Waals surface area (Å²) in [4.78, 5) is 32.7. The Labute approximate surface area is 222 Å². The van der Waals surface area contributed by atoms with Crippen molar-refractivity contribution in [2.75, 3.05) is 6.54 Å². The molecule has 0 bridgehead atoms. The molecule has 3 heterocycles. The second kappa shape index (κ2) is 9.76. The molecule has 0 saturated carbocycles. The van der Waals surface area contributed by atoms with Gasteiger partial charge in [-0.3, -0.25) is 14.6 Å². The quantitative estimate of drug-likeness (QED) is 0.267. The predicted octanol–water partition coefficient (Wildman–Crippen LogP) is 6.53. The molecule has 12 heteroatoms. The van der Waals surface area contributed by atoms with Crippen LogP contribution >= 0.6 is 0 Å². The van der Waals surface area contributed by atoms with Crippen LogP contribution in [0.3, 0.4) is 0 Å². The number of carbonyl (C=O) groups excluding carboxylic acids is 1. The first kappa shape index (κ1) is 27.4. The van der Waals surface area contributed by atoms with Crippen molar-refractivity contribution in [3.63, 3.8) is 0 Å². The third-order valence-corrected chi connectivity index (χ3v) is 6.74. The van der Waals surface area contributed by atoms with Gasteiger partial charge in [0.05, 0.1) is 16.5 Å². The first-order valence-corrected chi connectivity index (χ1v) is 12.1. The van der Waals surface area contributed by atoms with E-state index in [1.54, 1.807) is 6.92 Å². The van der Waals surface area contributed by atoms with E-state index in [4.69, 9.17) is 0 Å². The molecule has 0 aliphatic carbocycles. The molecule has 1 amide bonds. The van der Waals surface area contributed by atoms with E-state index in [2.05, 4.69) is 4.98 Å². The van der Waals surface area contributed by atoms with Crippen LogP contribution in [0.1, 0.15) is 34.1 Å². The van der Waals surface area contributed by atoms with Gasteiger partial charge in [-0.25, -0.2) is 4.39 Å². The van der Waals surface area contributed by atoms with E-state index >= 15 is 0 Å². The number of rotatable bonds is 3. The zero-order valence-electron chi connectivity index (χ0n) is 20.8. The molecule has 0 fully saturated rings. The zero-order valence-corrected chi connectivity index (χ0v) is 20.8. The Morgan fingerprint density at radius 1 is 0.875 bits per heavy atom. The lowest BCUT2D eigenvalue weighted by molar-refractivity contribution is -0.143. The molecule has 0 unspecified atom stereocenters. The molecule has 40 heavy (non-hydrogen) atoms. The number of nitrogens with zero attached hydrogens (tertiary/aromatic N) is 3. The summed E-state index contributed by atoms with van der Waals surface area (Å²) in [7, 11) is 0. The maximum absolute atomic E-state index is 14.0.